The number of aryl methyl sites for hydroxylation is 1. The average molecular weight is 263 g/mol. The van der Waals surface area contributed by atoms with Gasteiger partial charge in [-0.05, 0) is 50.6 Å². The number of nitrogens with one attached hydrogen (secondary N) is 1. The van der Waals surface area contributed by atoms with Crippen molar-refractivity contribution in [3.05, 3.63) is 29.3 Å². The number of hydrogen-bond donors (Lipinski definition) is 2. The Bertz CT molecular complexity index is 425. The van der Waals surface area contributed by atoms with E-state index in [1.165, 1.54) is 31.5 Å². The summed E-state index contributed by atoms with van der Waals surface area (Å²) in [6, 6.07) is 6.15. The highest BCUT2D eigenvalue weighted by atomic mass is 32.1. The maximum absolute atomic E-state index is 5.74. The Kier molecular flexibility index (Phi) is 4.55. The second kappa shape index (κ2) is 6.16. The van der Waals surface area contributed by atoms with Crippen LogP contribution in [0, 0.1) is 6.92 Å². The molecular weight excluding hydrogens is 242 g/mol. The number of nitrogens with zero attached hydrogens (tertiary/aromatic N) is 1. The molecule has 1 aliphatic rings. The molecule has 0 radical (unpaired) electrons. The summed E-state index contributed by atoms with van der Waals surface area (Å²) in [5, 5.41) is 3.45. The highest BCUT2D eigenvalue weighted by Gasteiger charge is 2.11. The van der Waals surface area contributed by atoms with Gasteiger partial charge in [0.15, 0.2) is 0 Å². The Morgan fingerprint density at radius 1 is 1.39 bits per heavy atom. The highest BCUT2D eigenvalue weighted by molar-refractivity contribution is 7.80. The molecule has 98 valence electrons. The van der Waals surface area contributed by atoms with E-state index in [0.29, 0.717) is 4.99 Å². The van der Waals surface area contributed by atoms with E-state index in [9.17, 15) is 0 Å². The third-order valence-corrected chi connectivity index (χ3v) is 3.60. The van der Waals surface area contributed by atoms with Gasteiger partial charge in [-0.1, -0.05) is 18.3 Å². The summed E-state index contributed by atoms with van der Waals surface area (Å²) >= 11 is 5.08. The van der Waals surface area contributed by atoms with E-state index >= 15 is 0 Å². The Labute approximate surface area is 114 Å². The molecule has 1 heterocycles. The minimum Gasteiger partial charge on any atom is -0.389 e. The fourth-order valence-electron chi connectivity index (χ4n) is 2.37. The quantitative estimate of drug-likeness (QED) is 0.799. The molecule has 0 aromatic heterocycles. The number of likely N-dealkylation sites (tertiary alicyclic amines) is 1. The van der Waals surface area contributed by atoms with E-state index < -0.39 is 0 Å². The molecule has 0 unspecified atom stereocenters. The molecule has 1 saturated heterocycles. The van der Waals surface area contributed by atoms with Gasteiger partial charge in [0.05, 0.1) is 0 Å². The molecule has 1 fully saturated rings. The fraction of sp³-hybridized carbons (Fsp3) is 0.500. The number of hydrogen-bond acceptors (Lipinski definition) is 3. The van der Waals surface area contributed by atoms with Crippen LogP contribution in [0.4, 0.5) is 5.69 Å². The Morgan fingerprint density at radius 2 is 2.11 bits per heavy atom. The van der Waals surface area contributed by atoms with Gasteiger partial charge in [0.2, 0.25) is 0 Å². The summed E-state index contributed by atoms with van der Waals surface area (Å²) in [4.78, 5) is 2.95. The predicted octanol–water partition coefficient (Wildman–Crippen LogP) is 2.14. The lowest BCUT2D eigenvalue weighted by Crippen LogP contribution is -2.26. The topological polar surface area (TPSA) is 41.3 Å². The summed E-state index contributed by atoms with van der Waals surface area (Å²) in [6.45, 7) is 6.58. The van der Waals surface area contributed by atoms with Crippen LogP contribution in [0.1, 0.15) is 24.0 Å². The van der Waals surface area contributed by atoms with Crippen molar-refractivity contribution in [3.63, 3.8) is 0 Å². The van der Waals surface area contributed by atoms with Gasteiger partial charge in [0.1, 0.15) is 4.99 Å². The van der Waals surface area contributed by atoms with E-state index in [1.54, 1.807) is 0 Å². The number of thiocarbonyl (C=S) groups is 1. The van der Waals surface area contributed by atoms with Crippen LogP contribution in [0.15, 0.2) is 18.2 Å². The third kappa shape index (κ3) is 3.43. The number of rotatable bonds is 5. The lowest BCUT2D eigenvalue weighted by Gasteiger charge is -2.17. The highest BCUT2D eigenvalue weighted by Crippen LogP contribution is 2.17. The number of benzene rings is 1. The van der Waals surface area contributed by atoms with Crippen molar-refractivity contribution in [1.82, 2.24) is 4.90 Å². The van der Waals surface area contributed by atoms with Crippen molar-refractivity contribution in [3.8, 4) is 0 Å². The molecule has 1 aromatic carbocycles. The molecule has 0 aliphatic carbocycles. The molecule has 18 heavy (non-hydrogen) atoms. The fourth-order valence-corrected chi connectivity index (χ4v) is 2.55. The van der Waals surface area contributed by atoms with Crippen LogP contribution in [-0.2, 0) is 0 Å². The van der Waals surface area contributed by atoms with Gasteiger partial charge in [0, 0.05) is 24.3 Å². The second-order valence-electron chi connectivity index (χ2n) is 4.89. The molecule has 3 nitrogen and oxygen atoms in total. The molecule has 1 aromatic rings. The molecule has 3 N–H and O–H groups in total. The smallest absolute Gasteiger partial charge is 0.106 e. The second-order valence-corrected chi connectivity index (χ2v) is 5.33. The molecular formula is C14H21N3S. The molecule has 0 spiro atoms. The van der Waals surface area contributed by atoms with Crippen LogP contribution in [-0.4, -0.2) is 36.1 Å². The molecule has 0 amide bonds. The van der Waals surface area contributed by atoms with Gasteiger partial charge in [-0.3, -0.25) is 0 Å². The van der Waals surface area contributed by atoms with Crippen LogP contribution in [0.2, 0.25) is 0 Å². The molecule has 1 aliphatic heterocycles. The zero-order valence-corrected chi connectivity index (χ0v) is 11.7. The van der Waals surface area contributed by atoms with Crippen molar-refractivity contribution in [2.45, 2.75) is 19.8 Å². The summed E-state index contributed by atoms with van der Waals surface area (Å²) in [5.41, 5.74) is 8.96. The van der Waals surface area contributed by atoms with Gasteiger partial charge >= 0.3 is 0 Å². The van der Waals surface area contributed by atoms with E-state index in [2.05, 4.69) is 23.2 Å². The minimum atomic E-state index is 0.457. The first-order valence-corrected chi connectivity index (χ1v) is 6.94. The van der Waals surface area contributed by atoms with E-state index in [1.807, 2.05) is 12.1 Å². The van der Waals surface area contributed by atoms with E-state index in [4.69, 9.17) is 18.0 Å². The Hall–Kier alpha value is -1.13. The van der Waals surface area contributed by atoms with Gasteiger partial charge in [-0.25, -0.2) is 0 Å². The van der Waals surface area contributed by atoms with E-state index in [-0.39, 0.29) is 0 Å². The third-order valence-electron chi connectivity index (χ3n) is 3.38. The zero-order chi connectivity index (χ0) is 13.0. The van der Waals surface area contributed by atoms with E-state index in [0.717, 1.165) is 24.3 Å². The van der Waals surface area contributed by atoms with Crippen LogP contribution in [0.3, 0.4) is 0 Å². The maximum Gasteiger partial charge on any atom is 0.106 e. The van der Waals surface area contributed by atoms with Gasteiger partial charge < -0.3 is 16.0 Å². The largest absolute Gasteiger partial charge is 0.389 e. The first kappa shape index (κ1) is 13.3. The lowest BCUT2D eigenvalue weighted by molar-refractivity contribution is 0.352. The maximum atomic E-state index is 5.74. The molecule has 4 heteroatoms. The van der Waals surface area contributed by atoms with Crippen molar-refractivity contribution >= 4 is 22.9 Å². The van der Waals surface area contributed by atoms with Crippen molar-refractivity contribution in [2.75, 3.05) is 31.5 Å². The van der Waals surface area contributed by atoms with Gasteiger partial charge in [-0.2, -0.15) is 0 Å². The average Bonchev–Trinajstić information content (AvgIpc) is 2.82. The lowest BCUT2D eigenvalue weighted by atomic mass is 10.1. The van der Waals surface area contributed by atoms with Crippen LogP contribution in [0.5, 0.6) is 0 Å². The van der Waals surface area contributed by atoms with Gasteiger partial charge in [-0.15, -0.1) is 0 Å². The number of nitrogens with two attached hydrogens (primary N) is 1. The standard InChI is InChI=1S/C14H21N3S/c1-11-4-5-12(14(15)18)13(10-11)16-6-9-17-7-2-3-8-17/h4-5,10,16H,2-3,6-9H2,1H3,(H2,15,18). The monoisotopic (exact) mass is 263 g/mol. The summed E-state index contributed by atoms with van der Waals surface area (Å²) in [7, 11) is 0. The molecule has 0 atom stereocenters. The molecule has 2 rings (SSSR count). The first-order valence-electron chi connectivity index (χ1n) is 6.53. The Morgan fingerprint density at radius 3 is 2.78 bits per heavy atom. The summed E-state index contributed by atoms with van der Waals surface area (Å²) < 4.78 is 0. The SMILES string of the molecule is Cc1ccc(C(N)=S)c(NCCN2CCCC2)c1. The summed E-state index contributed by atoms with van der Waals surface area (Å²) in [6.07, 6.45) is 2.67. The Balaban J connectivity index is 1.94. The van der Waals surface area contributed by atoms with Crippen LogP contribution < -0.4 is 11.1 Å². The van der Waals surface area contributed by atoms with Crippen molar-refractivity contribution < 1.29 is 0 Å². The molecule has 0 saturated carbocycles. The first-order chi connectivity index (χ1) is 8.66. The zero-order valence-electron chi connectivity index (χ0n) is 10.9. The van der Waals surface area contributed by atoms with Crippen molar-refractivity contribution in [1.29, 1.82) is 0 Å². The minimum absolute atomic E-state index is 0.457. The van der Waals surface area contributed by atoms with Gasteiger partial charge in [0.25, 0.3) is 0 Å². The van der Waals surface area contributed by atoms with Crippen LogP contribution >= 0.6 is 12.2 Å². The number of anilines is 1. The predicted molar refractivity (Wildman–Crippen MR) is 81.2 cm³/mol. The summed E-state index contributed by atoms with van der Waals surface area (Å²) in [5.74, 6) is 0. The van der Waals surface area contributed by atoms with Crippen LogP contribution in [0.25, 0.3) is 0 Å². The van der Waals surface area contributed by atoms with Crippen molar-refractivity contribution in [2.24, 2.45) is 5.73 Å². The normalized spacial score (nSPS) is 15.8. The molecule has 0 bridgehead atoms.